The first-order valence-electron chi connectivity index (χ1n) is 5.39. The normalized spacial score (nSPS) is 16.1. The van der Waals surface area contributed by atoms with Crippen LogP contribution in [0.3, 0.4) is 0 Å². The molecule has 82 valence electrons. The summed E-state index contributed by atoms with van der Waals surface area (Å²) in [5.41, 5.74) is 3.74. The van der Waals surface area contributed by atoms with Gasteiger partial charge in [0.25, 0.3) is 0 Å². The summed E-state index contributed by atoms with van der Waals surface area (Å²) in [6.07, 6.45) is 4.85. The van der Waals surface area contributed by atoms with Crippen LogP contribution in [0.2, 0.25) is 0 Å². The molecule has 0 saturated carbocycles. The van der Waals surface area contributed by atoms with Gasteiger partial charge in [0, 0.05) is 48.5 Å². The Balaban J connectivity index is 2.01. The van der Waals surface area contributed by atoms with Gasteiger partial charge in [0.1, 0.15) is 5.01 Å². The molecule has 0 atom stereocenters. The van der Waals surface area contributed by atoms with Crippen molar-refractivity contribution < 1.29 is 0 Å². The minimum absolute atomic E-state index is 1.00. The van der Waals surface area contributed by atoms with Crippen molar-refractivity contribution in [1.82, 2.24) is 14.9 Å². The molecule has 0 fully saturated rings. The Morgan fingerprint density at radius 1 is 1.38 bits per heavy atom. The Hall–Kier alpha value is -1.26. The number of pyridine rings is 1. The topological polar surface area (TPSA) is 29.0 Å². The van der Waals surface area contributed by atoms with E-state index in [0.29, 0.717) is 0 Å². The van der Waals surface area contributed by atoms with Crippen LogP contribution in [0.25, 0.3) is 10.6 Å². The molecular weight excluding hydrogens is 218 g/mol. The fourth-order valence-electron chi connectivity index (χ4n) is 2.05. The lowest BCUT2D eigenvalue weighted by Crippen LogP contribution is -2.27. The molecule has 0 saturated heterocycles. The lowest BCUT2D eigenvalue weighted by atomic mass is 10.0. The van der Waals surface area contributed by atoms with Crippen molar-refractivity contribution in [2.45, 2.75) is 13.0 Å². The number of thiazole rings is 1. The standard InChI is InChI=1S/C12H13N3S/c1-15-4-2-11-10(8-15)6-9(7-14-11)12-13-3-5-16-12/h3,5-7H,2,4,8H2,1H3. The molecular formula is C12H13N3S. The Morgan fingerprint density at radius 3 is 3.12 bits per heavy atom. The van der Waals surface area contributed by atoms with E-state index in [2.05, 4.69) is 28.0 Å². The third-order valence-corrected chi connectivity index (χ3v) is 3.73. The molecule has 0 spiro atoms. The number of fused-ring (bicyclic) bond motifs is 1. The Morgan fingerprint density at radius 2 is 2.31 bits per heavy atom. The van der Waals surface area contributed by atoms with Gasteiger partial charge < -0.3 is 4.90 Å². The molecule has 4 heteroatoms. The van der Waals surface area contributed by atoms with Gasteiger partial charge in [0.2, 0.25) is 0 Å². The van der Waals surface area contributed by atoms with Gasteiger partial charge in [-0.05, 0) is 18.7 Å². The number of hydrogen-bond donors (Lipinski definition) is 0. The minimum atomic E-state index is 1.00. The van der Waals surface area contributed by atoms with Gasteiger partial charge in [-0.2, -0.15) is 0 Å². The third kappa shape index (κ3) is 1.74. The molecule has 3 nitrogen and oxygen atoms in total. The first-order valence-corrected chi connectivity index (χ1v) is 6.27. The van der Waals surface area contributed by atoms with Crippen LogP contribution in [0.5, 0.6) is 0 Å². The quantitative estimate of drug-likeness (QED) is 0.753. The van der Waals surface area contributed by atoms with E-state index < -0.39 is 0 Å². The van der Waals surface area contributed by atoms with E-state index in [4.69, 9.17) is 0 Å². The lowest BCUT2D eigenvalue weighted by molar-refractivity contribution is 0.310. The van der Waals surface area contributed by atoms with Crippen LogP contribution in [-0.2, 0) is 13.0 Å². The predicted molar refractivity (Wildman–Crippen MR) is 65.4 cm³/mol. The third-order valence-electron chi connectivity index (χ3n) is 2.91. The van der Waals surface area contributed by atoms with E-state index in [1.807, 2.05) is 17.8 Å². The summed E-state index contributed by atoms with van der Waals surface area (Å²) in [7, 11) is 2.15. The van der Waals surface area contributed by atoms with Crippen LogP contribution in [0.1, 0.15) is 11.3 Å². The molecule has 0 aromatic carbocycles. The van der Waals surface area contributed by atoms with Gasteiger partial charge in [-0.15, -0.1) is 11.3 Å². The van der Waals surface area contributed by atoms with Crippen LogP contribution in [0.4, 0.5) is 0 Å². The second-order valence-corrected chi connectivity index (χ2v) is 5.05. The highest BCUT2D eigenvalue weighted by Crippen LogP contribution is 2.25. The van der Waals surface area contributed by atoms with E-state index in [1.54, 1.807) is 11.3 Å². The Labute approximate surface area is 98.8 Å². The fraction of sp³-hybridized carbons (Fsp3) is 0.333. The van der Waals surface area contributed by atoms with Crippen molar-refractivity contribution in [3.05, 3.63) is 35.1 Å². The number of nitrogens with zero attached hydrogens (tertiary/aromatic N) is 3. The van der Waals surface area contributed by atoms with Crippen LogP contribution < -0.4 is 0 Å². The fourth-order valence-corrected chi connectivity index (χ4v) is 2.67. The first-order chi connectivity index (χ1) is 7.83. The summed E-state index contributed by atoms with van der Waals surface area (Å²) >= 11 is 1.66. The molecule has 0 unspecified atom stereocenters. The summed E-state index contributed by atoms with van der Waals surface area (Å²) < 4.78 is 0. The largest absolute Gasteiger partial charge is 0.302 e. The maximum absolute atomic E-state index is 4.55. The number of aromatic nitrogens is 2. The molecule has 3 rings (SSSR count). The van der Waals surface area contributed by atoms with Crippen molar-refractivity contribution in [2.24, 2.45) is 0 Å². The summed E-state index contributed by atoms with van der Waals surface area (Å²) in [5.74, 6) is 0. The van der Waals surface area contributed by atoms with Crippen LogP contribution in [-0.4, -0.2) is 28.5 Å². The summed E-state index contributed by atoms with van der Waals surface area (Å²) in [6.45, 7) is 2.11. The number of hydrogen-bond acceptors (Lipinski definition) is 4. The average Bonchev–Trinajstić information content (AvgIpc) is 2.81. The molecule has 0 aliphatic carbocycles. The van der Waals surface area contributed by atoms with Crippen molar-refractivity contribution in [1.29, 1.82) is 0 Å². The smallest absolute Gasteiger partial charge is 0.124 e. The molecule has 0 N–H and O–H groups in total. The van der Waals surface area contributed by atoms with E-state index in [0.717, 1.165) is 30.1 Å². The molecule has 2 aromatic heterocycles. The van der Waals surface area contributed by atoms with Gasteiger partial charge >= 0.3 is 0 Å². The van der Waals surface area contributed by atoms with Gasteiger partial charge in [-0.1, -0.05) is 0 Å². The summed E-state index contributed by atoms with van der Waals surface area (Å²) in [6, 6.07) is 2.23. The molecule has 0 radical (unpaired) electrons. The lowest BCUT2D eigenvalue weighted by Gasteiger charge is -2.24. The van der Waals surface area contributed by atoms with Gasteiger partial charge in [0.05, 0.1) is 0 Å². The highest BCUT2D eigenvalue weighted by Gasteiger charge is 2.15. The zero-order valence-corrected chi connectivity index (χ0v) is 10.00. The Kier molecular flexibility index (Phi) is 2.46. The highest BCUT2D eigenvalue weighted by atomic mass is 32.1. The SMILES string of the molecule is CN1CCc2ncc(-c3nccs3)cc2C1. The molecule has 0 amide bonds. The predicted octanol–water partition coefficient (Wildman–Crippen LogP) is 2.19. The van der Waals surface area contributed by atoms with Crippen LogP contribution in [0, 0.1) is 0 Å². The first kappa shape index (κ1) is 9.93. The van der Waals surface area contributed by atoms with E-state index >= 15 is 0 Å². The minimum Gasteiger partial charge on any atom is -0.302 e. The summed E-state index contributed by atoms with van der Waals surface area (Å²) in [4.78, 5) is 11.2. The molecule has 1 aliphatic rings. The van der Waals surface area contributed by atoms with Crippen molar-refractivity contribution in [3.63, 3.8) is 0 Å². The number of likely N-dealkylation sites (N-methyl/N-ethyl adjacent to an activating group) is 1. The molecule has 16 heavy (non-hydrogen) atoms. The average molecular weight is 231 g/mol. The van der Waals surface area contributed by atoms with Crippen LogP contribution >= 0.6 is 11.3 Å². The van der Waals surface area contributed by atoms with Gasteiger partial charge in [-0.3, -0.25) is 4.98 Å². The van der Waals surface area contributed by atoms with Crippen molar-refractivity contribution >= 4 is 11.3 Å². The van der Waals surface area contributed by atoms with Crippen molar-refractivity contribution in [2.75, 3.05) is 13.6 Å². The maximum atomic E-state index is 4.55. The molecule has 1 aliphatic heterocycles. The maximum Gasteiger partial charge on any atom is 0.124 e. The molecule has 2 aromatic rings. The highest BCUT2D eigenvalue weighted by molar-refractivity contribution is 7.13. The van der Waals surface area contributed by atoms with Gasteiger partial charge in [0.15, 0.2) is 0 Å². The Bertz CT molecular complexity index is 493. The van der Waals surface area contributed by atoms with E-state index in [9.17, 15) is 0 Å². The monoisotopic (exact) mass is 231 g/mol. The summed E-state index contributed by atoms with van der Waals surface area (Å²) in [5, 5.41) is 3.06. The van der Waals surface area contributed by atoms with Crippen molar-refractivity contribution in [3.8, 4) is 10.6 Å². The van der Waals surface area contributed by atoms with Crippen LogP contribution in [0.15, 0.2) is 23.8 Å². The molecule has 3 heterocycles. The van der Waals surface area contributed by atoms with Gasteiger partial charge in [-0.25, -0.2) is 4.98 Å². The number of rotatable bonds is 1. The van der Waals surface area contributed by atoms with E-state index in [-0.39, 0.29) is 0 Å². The second kappa shape index (κ2) is 3.96. The molecule has 0 bridgehead atoms. The van der Waals surface area contributed by atoms with E-state index in [1.165, 1.54) is 11.3 Å². The second-order valence-electron chi connectivity index (χ2n) is 4.15. The zero-order chi connectivity index (χ0) is 11.0. The zero-order valence-electron chi connectivity index (χ0n) is 9.18.